The summed E-state index contributed by atoms with van der Waals surface area (Å²) in [5.41, 5.74) is 10.4. The first kappa shape index (κ1) is 27.5. The Hall–Kier alpha value is -4.70. The fourth-order valence-corrected chi connectivity index (χ4v) is 5.56. The minimum atomic E-state index is -1.26. The SMILES string of the molecule is [B]C(Nc1cc(Cl)c2ncc(C#N)c(N[C@H](CC)c3ccccc3)c2c1)(C1=CN(C2CC2)NN1)c1cccc(C#N)c1. The van der Waals surface area contributed by atoms with Gasteiger partial charge < -0.3 is 16.1 Å². The molecule has 2 aliphatic rings. The van der Waals surface area contributed by atoms with E-state index in [1.807, 2.05) is 47.6 Å². The minimum Gasteiger partial charge on any atom is -0.378 e. The van der Waals surface area contributed by atoms with Crippen molar-refractivity contribution in [1.29, 1.82) is 10.5 Å². The van der Waals surface area contributed by atoms with E-state index in [-0.39, 0.29) is 6.04 Å². The van der Waals surface area contributed by atoms with Crippen molar-refractivity contribution in [2.45, 2.75) is 43.7 Å². The normalized spacial score (nSPS) is 16.5. The first-order valence-corrected chi connectivity index (χ1v) is 14.2. The minimum absolute atomic E-state index is 0.0334. The molecule has 3 aromatic carbocycles. The summed E-state index contributed by atoms with van der Waals surface area (Å²) < 4.78 is 0. The highest BCUT2D eigenvalue weighted by Crippen LogP contribution is 2.39. The zero-order valence-electron chi connectivity index (χ0n) is 23.0. The zero-order valence-corrected chi connectivity index (χ0v) is 23.8. The molecule has 1 aromatic heterocycles. The second-order valence-electron chi connectivity index (χ2n) is 10.6. The quantitative estimate of drug-likeness (QED) is 0.183. The molecule has 2 atom stereocenters. The second-order valence-corrected chi connectivity index (χ2v) is 11.0. The molecule has 0 bridgehead atoms. The standard InChI is InChI=1S/C32H28BClN8/c1-2-28(21-8-4-3-5-9-21)38-30-22(17-36)18-37-31-26(30)14-24(15-27(31)34)39-32(33,23-10-6-7-20(13-23)16-35)29-19-42(41-40-29)25-11-12-25/h3-10,13-15,18-19,25,28,39-41H,2,11-12H2,1H3,(H,37,38)/t28-,32?/m1/s1. The van der Waals surface area contributed by atoms with Crippen LogP contribution in [0.4, 0.5) is 11.4 Å². The van der Waals surface area contributed by atoms with E-state index in [4.69, 9.17) is 19.4 Å². The fourth-order valence-electron chi connectivity index (χ4n) is 5.29. The molecular formula is C32H28BClN8. The third-order valence-electron chi connectivity index (χ3n) is 7.72. The number of hydrazine groups is 2. The topological polar surface area (TPSA) is 112 Å². The first-order valence-electron chi connectivity index (χ1n) is 13.9. The highest BCUT2D eigenvalue weighted by Gasteiger charge is 2.38. The summed E-state index contributed by atoms with van der Waals surface area (Å²) in [4.78, 5) is 4.52. The van der Waals surface area contributed by atoms with Crippen LogP contribution in [-0.2, 0) is 5.44 Å². The maximum Gasteiger partial charge on any atom is 0.119 e. The molecule has 2 radical (unpaired) electrons. The van der Waals surface area contributed by atoms with Gasteiger partial charge in [-0.05, 0) is 54.7 Å². The van der Waals surface area contributed by atoms with Crippen LogP contribution < -0.4 is 21.6 Å². The molecule has 1 aliphatic carbocycles. The van der Waals surface area contributed by atoms with E-state index in [2.05, 4.69) is 57.8 Å². The summed E-state index contributed by atoms with van der Waals surface area (Å²) in [6, 6.07) is 25.9. The smallest absolute Gasteiger partial charge is 0.119 e. The van der Waals surface area contributed by atoms with Gasteiger partial charge in [0, 0.05) is 29.5 Å². The fraction of sp³-hybridized carbons (Fsp3) is 0.219. The lowest BCUT2D eigenvalue weighted by Crippen LogP contribution is -2.45. The molecule has 0 amide bonds. The Morgan fingerprint density at radius 1 is 1.12 bits per heavy atom. The van der Waals surface area contributed by atoms with Gasteiger partial charge in [-0.25, -0.2) is 0 Å². The predicted octanol–water partition coefficient (Wildman–Crippen LogP) is 5.96. The number of nitrogens with one attached hydrogen (secondary N) is 4. The van der Waals surface area contributed by atoms with Crippen LogP contribution in [-0.4, -0.2) is 23.9 Å². The molecule has 0 spiro atoms. The van der Waals surface area contributed by atoms with Crippen LogP contribution in [0.2, 0.25) is 5.02 Å². The van der Waals surface area contributed by atoms with E-state index < -0.39 is 5.44 Å². The first-order chi connectivity index (χ1) is 20.4. The van der Waals surface area contributed by atoms with Crippen molar-refractivity contribution in [3.63, 3.8) is 0 Å². The van der Waals surface area contributed by atoms with E-state index in [1.54, 1.807) is 24.4 Å². The third-order valence-corrected chi connectivity index (χ3v) is 8.00. The van der Waals surface area contributed by atoms with Crippen LogP contribution in [0.15, 0.2) is 84.8 Å². The molecule has 10 heteroatoms. The summed E-state index contributed by atoms with van der Waals surface area (Å²) in [6.07, 6.45) is 6.50. The summed E-state index contributed by atoms with van der Waals surface area (Å²) in [5.74, 6) is 0. The predicted molar refractivity (Wildman–Crippen MR) is 166 cm³/mol. The van der Waals surface area contributed by atoms with E-state index >= 15 is 0 Å². The van der Waals surface area contributed by atoms with Crippen molar-refractivity contribution in [3.05, 3.63) is 112 Å². The Kier molecular flexibility index (Phi) is 7.39. The van der Waals surface area contributed by atoms with Crippen molar-refractivity contribution in [2.24, 2.45) is 0 Å². The summed E-state index contributed by atoms with van der Waals surface area (Å²) in [5, 5.41) is 29.8. The molecule has 206 valence electrons. The van der Waals surface area contributed by atoms with Crippen molar-refractivity contribution >= 4 is 41.7 Å². The molecule has 4 N–H and O–H groups in total. The average Bonchev–Trinajstić information content (AvgIpc) is 3.75. The lowest BCUT2D eigenvalue weighted by atomic mass is 9.69. The molecule has 4 aromatic rings. The van der Waals surface area contributed by atoms with Crippen LogP contribution in [0.3, 0.4) is 0 Å². The number of benzene rings is 3. The number of pyridine rings is 1. The number of rotatable bonds is 9. The number of nitriles is 2. The molecule has 1 unspecified atom stereocenters. The van der Waals surface area contributed by atoms with Gasteiger partial charge in [0.2, 0.25) is 0 Å². The van der Waals surface area contributed by atoms with E-state index in [0.717, 1.165) is 24.8 Å². The van der Waals surface area contributed by atoms with Crippen molar-refractivity contribution in [2.75, 3.05) is 10.6 Å². The highest BCUT2D eigenvalue weighted by atomic mass is 35.5. The molecule has 1 saturated carbocycles. The van der Waals surface area contributed by atoms with Gasteiger partial charge in [-0.15, -0.1) is 5.53 Å². The van der Waals surface area contributed by atoms with Gasteiger partial charge in [0.05, 0.1) is 50.6 Å². The van der Waals surface area contributed by atoms with Gasteiger partial charge in [-0.3, -0.25) is 9.99 Å². The Morgan fingerprint density at radius 2 is 1.93 bits per heavy atom. The van der Waals surface area contributed by atoms with Gasteiger partial charge in [-0.2, -0.15) is 10.5 Å². The van der Waals surface area contributed by atoms with Crippen LogP contribution in [0.5, 0.6) is 0 Å². The monoisotopic (exact) mass is 570 g/mol. The second kappa shape index (κ2) is 11.3. The van der Waals surface area contributed by atoms with Crippen molar-refractivity contribution < 1.29 is 0 Å². The molecule has 6 rings (SSSR count). The Bertz CT molecular complexity index is 1760. The lowest BCUT2D eigenvalue weighted by Gasteiger charge is -2.34. The van der Waals surface area contributed by atoms with Crippen LogP contribution in [0.1, 0.15) is 54.5 Å². The molecule has 1 aliphatic heterocycles. The van der Waals surface area contributed by atoms with E-state index in [0.29, 0.717) is 55.7 Å². The van der Waals surface area contributed by atoms with Gasteiger partial charge in [-0.1, -0.05) is 61.0 Å². The van der Waals surface area contributed by atoms with E-state index in [1.165, 1.54) is 0 Å². The number of hydrogen-bond acceptors (Lipinski definition) is 8. The number of anilines is 2. The highest BCUT2D eigenvalue weighted by molar-refractivity contribution is 6.36. The summed E-state index contributed by atoms with van der Waals surface area (Å²) in [7, 11) is 7.18. The van der Waals surface area contributed by atoms with Gasteiger partial charge in [0.15, 0.2) is 0 Å². The zero-order chi connectivity index (χ0) is 29.3. The van der Waals surface area contributed by atoms with Crippen LogP contribution in [0, 0.1) is 22.7 Å². The molecule has 8 nitrogen and oxygen atoms in total. The van der Waals surface area contributed by atoms with Gasteiger partial charge in [0.1, 0.15) is 13.9 Å². The molecular weight excluding hydrogens is 543 g/mol. The molecule has 1 fully saturated rings. The maximum absolute atomic E-state index is 10.0. The van der Waals surface area contributed by atoms with Gasteiger partial charge >= 0.3 is 0 Å². The molecule has 42 heavy (non-hydrogen) atoms. The summed E-state index contributed by atoms with van der Waals surface area (Å²) in [6.45, 7) is 2.10. The number of halogens is 1. The van der Waals surface area contributed by atoms with Crippen molar-refractivity contribution in [1.82, 2.24) is 21.0 Å². The van der Waals surface area contributed by atoms with Crippen molar-refractivity contribution in [3.8, 4) is 12.1 Å². The average molecular weight is 571 g/mol. The molecule has 2 heterocycles. The number of nitrogens with zero attached hydrogens (tertiary/aromatic N) is 4. The van der Waals surface area contributed by atoms with Crippen LogP contribution >= 0.6 is 11.6 Å². The maximum atomic E-state index is 10.0. The van der Waals surface area contributed by atoms with E-state index in [9.17, 15) is 10.5 Å². The Morgan fingerprint density at radius 3 is 2.64 bits per heavy atom. The Balaban J connectivity index is 1.45. The lowest BCUT2D eigenvalue weighted by molar-refractivity contribution is 0.260. The largest absolute Gasteiger partial charge is 0.378 e. The summed E-state index contributed by atoms with van der Waals surface area (Å²) >= 11 is 6.82. The Labute approximate surface area is 251 Å². The number of aromatic nitrogens is 1. The number of fused-ring (bicyclic) bond motifs is 1. The van der Waals surface area contributed by atoms with Crippen LogP contribution in [0.25, 0.3) is 10.9 Å². The van der Waals surface area contributed by atoms with Gasteiger partial charge in [0.25, 0.3) is 0 Å². The number of hydrogen-bond donors (Lipinski definition) is 4. The molecule has 0 saturated heterocycles. The third kappa shape index (κ3) is 5.21.